The molecule has 2 N–H and O–H groups in total. The van der Waals surface area contributed by atoms with E-state index in [1.165, 1.54) is 0 Å². The van der Waals surface area contributed by atoms with E-state index >= 15 is 0 Å². The van der Waals surface area contributed by atoms with E-state index in [0.29, 0.717) is 18.9 Å². The first-order valence-corrected chi connectivity index (χ1v) is 7.13. The van der Waals surface area contributed by atoms with Crippen LogP contribution in [0.4, 0.5) is 0 Å². The Morgan fingerprint density at radius 2 is 2.09 bits per heavy atom. The minimum atomic E-state index is 0. The second-order valence-electron chi connectivity index (χ2n) is 5.33. The molecule has 1 fully saturated rings. The summed E-state index contributed by atoms with van der Waals surface area (Å²) < 4.78 is 0. The van der Waals surface area contributed by atoms with E-state index in [4.69, 9.17) is 0 Å². The monoisotopic (exact) mass is 341 g/mol. The molecule has 1 aromatic heterocycles. The first-order chi connectivity index (χ1) is 9.83. The molecule has 0 bridgehead atoms. The third-order valence-corrected chi connectivity index (χ3v) is 3.83. The number of benzene rings is 1. The highest BCUT2D eigenvalue weighted by atomic mass is 35.5. The molecule has 0 radical (unpaired) electrons. The molecule has 1 aliphatic heterocycles. The number of amides is 1. The van der Waals surface area contributed by atoms with Crippen LogP contribution in [-0.4, -0.2) is 24.0 Å². The maximum Gasteiger partial charge on any atom is 0.220 e. The largest absolute Gasteiger partial charge is 0.352 e. The van der Waals surface area contributed by atoms with Gasteiger partial charge in [-0.2, -0.15) is 0 Å². The molecule has 0 spiro atoms. The van der Waals surface area contributed by atoms with Crippen molar-refractivity contribution in [1.82, 2.24) is 15.6 Å². The molecule has 1 atom stereocenters. The van der Waals surface area contributed by atoms with Gasteiger partial charge in [0.15, 0.2) is 0 Å². The fourth-order valence-electron chi connectivity index (χ4n) is 2.73. The SMILES string of the molecule is Cl.Cl.O=C(CC1CCNC1)NCc1cccc2cccnc12. The Morgan fingerprint density at radius 1 is 1.27 bits per heavy atom. The molecular formula is C16H21Cl2N3O. The van der Waals surface area contributed by atoms with Crippen molar-refractivity contribution in [2.75, 3.05) is 13.1 Å². The maximum atomic E-state index is 11.9. The zero-order chi connectivity index (χ0) is 13.8. The molecule has 1 aliphatic rings. The zero-order valence-corrected chi connectivity index (χ0v) is 13.9. The van der Waals surface area contributed by atoms with E-state index in [0.717, 1.165) is 36.0 Å². The van der Waals surface area contributed by atoms with Crippen LogP contribution in [0.3, 0.4) is 0 Å². The predicted octanol–water partition coefficient (Wildman–Crippen LogP) is 2.69. The van der Waals surface area contributed by atoms with E-state index in [1.54, 1.807) is 6.20 Å². The van der Waals surface area contributed by atoms with Gasteiger partial charge in [0.1, 0.15) is 0 Å². The smallest absolute Gasteiger partial charge is 0.220 e. The van der Waals surface area contributed by atoms with Gasteiger partial charge in [0.25, 0.3) is 0 Å². The number of carbonyl (C=O) groups is 1. The van der Waals surface area contributed by atoms with Crippen molar-refractivity contribution in [3.8, 4) is 0 Å². The maximum absolute atomic E-state index is 11.9. The normalized spacial score (nSPS) is 16.6. The molecule has 0 saturated carbocycles. The van der Waals surface area contributed by atoms with Crippen LogP contribution in [0, 0.1) is 5.92 Å². The summed E-state index contributed by atoms with van der Waals surface area (Å²) in [6, 6.07) is 10.0. The zero-order valence-electron chi connectivity index (χ0n) is 12.2. The number of hydrogen-bond acceptors (Lipinski definition) is 3. The Morgan fingerprint density at radius 3 is 2.86 bits per heavy atom. The van der Waals surface area contributed by atoms with Gasteiger partial charge in [-0.05, 0) is 37.1 Å². The van der Waals surface area contributed by atoms with E-state index in [2.05, 4.69) is 15.6 Å². The van der Waals surface area contributed by atoms with Crippen molar-refractivity contribution >= 4 is 41.6 Å². The Labute approximate surface area is 142 Å². The number of aromatic nitrogens is 1. The minimum Gasteiger partial charge on any atom is -0.352 e. The van der Waals surface area contributed by atoms with Gasteiger partial charge in [0.05, 0.1) is 5.52 Å². The second-order valence-corrected chi connectivity index (χ2v) is 5.33. The van der Waals surface area contributed by atoms with Crippen LogP contribution in [0.1, 0.15) is 18.4 Å². The highest BCUT2D eigenvalue weighted by Gasteiger charge is 2.17. The summed E-state index contributed by atoms with van der Waals surface area (Å²) in [5.74, 6) is 0.618. The first kappa shape index (κ1) is 18.7. The summed E-state index contributed by atoms with van der Waals surface area (Å²) in [5, 5.41) is 7.41. The first-order valence-electron chi connectivity index (χ1n) is 7.13. The number of carbonyl (C=O) groups excluding carboxylic acids is 1. The van der Waals surface area contributed by atoms with Crippen molar-refractivity contribution in [3.05, 3.63) is 42.1 Å². The second kappa shape index (κ2) is 8.93. The van der Waals surface area contributed by atoms with Gasteiger partial charge in [-0.15, -0.1) is 24.8 Å². The van der Waals surface area contributed by atoms with Gasteiger partial charge in [-0.3, -0.25) is 9.78 Å². The summed E-state index contributed by atoms with van der Waals surface area (Å²) in [5.41, 5.74) is 2.04. The van der Waals surface area contributed by atoms with Gasteiger partial charge >= 0.3 is 0 Å². The third-order valence-electron chi connectivity index (χ3n) is 3.83. The lowest BCUT2D eigenvalue weighted by Crippen LogP contribution is -2.26. The number of hydrogen-bond donors (Lipinski definition) is 2. The average Bonchev–Trinajstić information content (AvgIpc) is 2.98. The Hall–Kier alpha value is -1.36. The van der Waals surface area contributed by atoms with Crippen molar-refractivity contribution in [3.63, 3.8) is 0 Å². The van der Waals surface area contributed by atoms with Crippen molar-refractivity contribution in [2.45, 2.75) is 19.4 Å². The fourth-order valence-corrected chi connectivity index (χ4v) is 2.73. The number of fused-ring (bicyclic) bond motifs is 1. The Balaban J connectivity index is 0.00000121. The fraction of sp³-hybridized carbons (Fsp3) is 0.375. The van der Waals surface area contributed by atoms with Crippen LogP contribution in [0.25, 0.3) is 10.9 Å². The molecule has 6 heteroatoms. The summed E-state index contributed by atoms with van der Waals surface area (Å²) >= 11 is 0. The number of halogens is 2. The molecule has 2 heterocycles. The van der Waals surface area contributed by atoms with Gasteiger partial charge < -0.3 is 10.6 Å². The standard InChI is InChI=1S/C16H19N3O.2ClH/c20-15(9-12-6-8-17-10-12)19-11-14-4-1-3-13-5-2-7-18-16(13)14;;/h1-5,7,12,17H,6,8-11H2,(H,19,20);2*1H. The molecule has 1 amide bonds. The lowest BCUT2D eigenvalue weighted by Gasteiger charge is -2.10. The summed E-state index contributed by atoms with van der Waals surface area (Å²) in [6.45, 7) is 2.54. The lowest BCUT2D eigenvalue weighted by molar-refractivity contribution is -0.122. The molecule has 3 rings (SSSR count). The molecule has 0 aliphatic carbocycles. The molecule has 1 aromatic carbocycles. The van der Waals surface area contributed by atoms with Crippen LogP contribution in [-0.2, 0) is 11.3 Å². The van der Waals surface area contributed by atoms with Gasteiger partial charge in [-0.25, -0.2) is 0 Å². The highest BCUT2D eigenvalue weighted by molar-refractivity contribution is 5.85. The molecule has 1 saturated heterocycles. The predicted molar refractivity (Wildman–Crippen MR) is 93.7 cm³/mol. The Kier molecular flexibility index (Phi) is 7.59. The summed E-state index contributed by atoms with van der Waals surface area (Å²) in [7, 11) is 0. The number of nitrogens with one attached hydrogen (secondary N) is 2. The van der Waals surface area contributed by atoms with E-state index in [-0.39, 0.29) is 30.7 Å². The topological polar surface area (TPSA) is 54.0 Å². The van der Waals surface area contributed by atoms with Crippen LogP contribution in [0.2, 0.25) is 0 Å². The van der Waals surface area contributed by atoms with Gasteiger partial charge in [-0.1, -0.05) is 24.3 Å². The average molecular weight is 342 g/mol. The molecule has 22 heavy (non-hydrogen) atoms. The van der Waals surface area contributed by atoms with E-state index in [1.807, 2.05) is 30.3 Å². The summed E-state index contributed by atoms with van der Waals surface area (Å²) in [6.07, 6.45) is 3.51. The van der Waals surface area contributed by atoms with Crippen LogP contribution >= 0.6 is 24.8 Å². The number of para-hydroxylation sites is 1. The highest BCUT2D eigenvalue weighted by Crippen LogP contribution is 2.16. The van der Waals surface area contributed by atoms with Crippen molar-refractivity contribution in [1.29, 1.82) is 0 Å². The van der Waals surface area contributed by atoms with Gasteiger partial charge in [0, 0.05) is 24.5 Å². The minimum absolute atomic E-state index is 0. The third kappa shape index (κ3) is 4.57. The number of rotatable bonds is 4. The molecular weight excluding hydrogens is 321 g/mol. The van der Waals surface area contributed by atoms with Gasteiger partial charge in [0.2, 0.25) is 5.91 Å². The molecule has 120 valence electrons. The van der Waals surface area contributed by atoms with Crippen molar-refractivity contribution < 1.29 is 4.79 Å². The Bertz CT molecular complexity index is 610. The number of pyridine rings is 1. The lowest BCUT2D eigenvalue weighted by atomic mass is 10.0. The van der Waals surface area contributed by atoms with Crippen LogP contribution < -0.4 is 10.6 Å². The van der Waals surface area contributed by atoms with E-state index < -0.39 is 0 Å². The molecule has 1 unspecified atom stereocenters. The molecule has 2 aromatic rings. The van der Waals surface area contributed by atoms with Crippen molar-refractivity contribution in [2.24, 2.45) is 5.92 Å². The van der Waals surface area contributed by atoms with E-state index in [9.17, 15) is 4.79 Å². The summed E-state index contributed by atoms with van der Waals surface area (Å²) in [4.78, 5) is 16.4. The molecule has 4 nitrogen and oxygen atoms in total. The van der Waals surface area contributed by atoms with Crippen LogP contribution in [0.5, 0.6) is 0 Å². The van der Waals surface area contributed by atoms with Crippen LogP contribution in [0.15, 0.2) is 36.5 Å². The quantitative estimate of drug-likeness (QED) is 0.898. The number of nitrogens with zero attached hydrogens (tertiary/aromatic N) is 1.